The number of aromatic amines is 1. The maximum atomic E-state index is 12.6. The Balaban J connectivity index is 2.46. The Labute approximate surface area is 135 Å². The molecule has 0 unspecified atom stereocenters. The van der Waals surface area contributed by atoms with E-state index in [0.717, 1.165) is 12.1 Å². The average Bonchev–Trinajstić information content (AvgIpc) is 2.78. The van der Waals surface area contributed by atoms with Crippen LogP contribution in [0.25, 0.3) is 11.6 Å². The van der Waals surface area contributed by atoms with Crippen molar-refractivity contribution in [2.75, 3.05) is 0 Å². The molecule has 0 radical (unpaired) electrons. The van der Waals surface area contributed by atoms with Crippen LogP contribution in [0.4, 0.5) is 13.2 Å². The number of nitrogens with one attached hydrogen (secondary N) is 1. The van der Waals surface area contributed by atoms with Crippen LogP contribution in [0.3, 0.4) is 0 Å². The predicted molar refractivity (Wildman–Crippen MR) is 82.2 cm³/mol. The number of aryl methyl sites for hydroxylation is 1. The van der Waals surface area contributed by atoms with E-state index in [9.17, 15) is 23.2 Å². The van der Waals surface area contributed by atoms with Gasteiger partial charge in [-0.25, -0.2) is 4.79 Å². The molecule has 1 aromatic heterocycles. The largest absolute Gasteiger partial charge is 0.478 e. The fourth-order valence-corrected chi connectivity index (χ4v) is 2.40. The Morgan fingerprint density at radius 3 is 2.25 bits per heavy atom. The molecular formula is C17H13F3N2O2. The second-order valence-corrected chi connectivity index (χ2v) is 5.21. The third-order valence-corrected chi connectivity index (χ3v) is 3.62. The number of halogens is 3. The Morgan fingerprint density at radius 2 is 1.83 bits per heavy atom. The normalized spacial score (nSPS) is 12.1. The Morgan fingerprint density at radius 1 is 1.25 bits per heavy atom. The first-order valence-electron chi connectivity index (χ1n) is 6.87. The van der Waals surface area contributed by atoms with Gasteiger partial charge in [-0.15, -0.1) is 0 Å². The van der Waals surface area contributed by atoms with Gasteiger partial charge in [-0.2, -0.15) is 18.4 Å². The van der Waals surface area contributed by atoms with E-state index in [0.29, 0.717) is 22.5 Å². The highest BCUT2D eigenvalue weighted by atomic mass is 19.4. The number of rotatable bonds is 3. The summed E-state index contributed by atoms with van der Waals surface area (Å²) in [5.41, 5.74) is 1.09. The molecule has 0 bridgehead atoms. The average molecular weight is 334 g/mol. The first-order valence-corrected chi connectivity index (χ1v) is 6.87. The lowest BCUT2D eigenvalue weighted by atomic mass is 10.0. The summed E-state index contributed by atoms with van der Waals surface area (Å²) in [4.78, 5) is 14.1. The van der Waals surface area contributed by atoms with Gasteiger partial charge in [-0.05, 0) is 43.2 Å². The molecule has 0 atom stereocenters. The number of benzene rings is 1. The molecule has 2 rings (SSSR count). The number of carboxylic acids is 1. The van der Waals surface area contributed by atoms with Crippen LogP contribution in [0.1, 0.15) is 38.4 Å². The summed E-state index contributed by atoms with van der Waals surface area (Å²) in [6.07, 6.45) is -3.02. The van der Waals surface area contributed by atoms with E-state index in [-0.39, 0.29) is 11.1 Å². The minimum Gasteiger partial charge on any atom is -0.478 e. The Kier molecular flexibility index (Phi) is 4.51. The molecule has 24 heavy (non-hydrogen) atoms. The van der Waals surface area contributed by atoms with Crippen molar-refractivity contribution in [3.63, 3.8) is 0 Å². The molecule has 124 valence electrons. The SMILES string of the molecule is Cc1[nH]c(/C=C(\C#N)c2ccc(C(F)(F)F)cc2)c(C)c1C(=O)O. The number of alkyl halides is 3. The summed E-state index contributed by atoms with van der Waals surface area (Å²) in [5, 5.41) is 18.4. The van der Waals surface area contributed by atoms with Crippen LogP contribution in [0, 0.1) is 25.2 Å². The van der Waals surface area contributed by atoms with Gasteiger partial charge in [0.05, 0.1) is 22.8 Å². The number of nitriles is 1. The van der Waals surface area contributed by atoms with E-state index < -0.39 is 17.7 Å². The molecular weight excluding hydrogens is 321 g/mol. The van der Waals surface area contributed by atoms with Crippen LogP contribution in [0.2, 0.25) is 0 Å². The number of nitrogens with zero attached hydrogens (tertiary/aromatic N) is 1. The lowest BCUT2D eigenvalue weighted by Crippen LogP contribution is -2.04. The number of carboxylic acid groups (broad SMARTS) is 1. The number of allylic oxidation sites excluding steroid dienone is 1. The van der Waals surface area contributed by atoms with Crippen molar-refractivity contribution >= 4 is 17.6 Å². The topological polar surface area (TPSA) is 76.9 Å². The summed E-state index contributed by atoms with van der Waals surface area (Å²) >= 11 is 0. The van der Waals surface area contributed by atoms with Crippen molar-refractivity contribution in [3.05, 3.63) is 57.9 Å². The molecule has 7 heteroatoms. The first kappa shape index (κ1) is 17.3. The molecule has 0 aliphatic heterocycles. The maximum absolute atomic E-state index is 12.6. The van der Waals surface area contributed by atoms with Crippen LogP contribution >= 0.6 is 0 Å². The van der Waals surface area contributed by atoms with Gasteiger partial charge in [0.1, 0.15) is 0 Å². The zero-order chi connectivity index (χ0) is 18.1. The fourth-order valence-electron chi connectivity index (χ4n) is 2.40. The van der Waals surface area contributed by atoms with E-state index in [1.54, 1.807) is 13.8 Å². The quantitative estimate of drug-likeness (QED) is 0.816. The van der Waals surface area contributed by atoms with Crippen molar-refractivity contribution in [2.24, 2.45) is 0 Å². The van der Waals surface area contributed by atoms with E-state index in [1.807, 2.05) is 6.07 Å². The zero-order valence-corrected chi connectivity index (χ0v) is 12.8. The smallest absolute Gasteiger partial charge is 0.416 e. The number of H-pyrrole nitrogens is 1. The summed E-state index contributed by atoms with van der Waals surface area (Å²) in [7, 11) is 0. The minimum atomic E-state index is -4.45. The van der Waals surface area contributed by atoms with Crippen molar-refractivity contribution in [1.82, 2.24) is 4.98 Å². The number of hydrogen-bond acceptors (Lipinski definition) is 2. The number of carbonyl (C=O) groups is 1. The lowest BCUT2D eigenvalue weighted by molar-refractivity contribution is -0.137. The molecule has 0 spiro atoms. The van der Waals surface area contributed by atoms with Crippen molar-refractivity contribution < 1.29 is 23.1 Å². The highest BCUT2D eigenvalue weighted by Gasteiger charge is 2.30. The van der Waals surface area contributed by atoms with Crippen molar-refractivity contribution in [2.45, 2.75) is 20.0 Å². The van der Waals surface area contributed by atoms with Crippen LogP contribution in [-0.4, -0.2) is 16.1 Å². The molecule has 0 saturated carbocycles. The van der Waals surface area contributed by atoms with E-state index in [4.69, 9.17) is 5.11 Å². The van der Waals surface area contributed by atoms with Gasteiger partial charge in [0.25, 0.3) is 0 Å². The molecule has 0 aliphatic rings. The van der Waals surface area contributed by atoms with Crippen LogP contribution < -0.4 is 0 Å². The summed E-state index contributed by atoms with van der Waals surface area (Å²) in [6.45, 7) is 3.19. The van der Waals surface area contributed by atoms with Gasteiger partial charge in [0.15, 0.2) is 0 Å². The van der Waals surface area contributed by atoms with Gasteiger partial charge < -0.3 is 10.1 Å². The number of aromatic carboxylic acids is 1. The highest BCUT2D eigenvalue weighted by molar-refractivity contribution is 5.95. The molecule has 1 aromatic carbocycles. The van der Waals surface area contributed by atoms with Crippen LogP contribution in [-0.2, 0) is 6.18 Å². The standard InChI is InChI=1S/C17H13F3N2O2/c1-9-14(22-10(2)15(9)16(23)24)7-12(8-21)11-3-5-13(6-4-11)17(18,19)20/h3-7,22H,1-2H3,(H,23,24)/b12-7+. The molecule has 4 nitrogen and oxygen atoms in total. The van der Waals surface area contributed by atoms with E-state index in [1.165, 1.54) is 18.2 Å². The molecule has 0 saturated heterocycles. The van der Waals surface area contributed by atoms with Crippen molar-refractivity contribution in [1.29, 1.82) is 5.26 Å². The second-order valence-electron chi connectivity index (χ2n) is 5.21. The molecule has 1 heterocycles. The lowest BCUT2D eigenvalue weighted by Gasteiger charge is -2.07. The molecule has 2 aromatic rings. The summed E-state index contributed by atoms with van der Waals surface area (Å²) < 4.78 is 37.8. The highest BCUT2D eigenvalue weighted by Crippen LogP contribution is 2.30. The van der Waals surface area contributed by atoms with Gasteiger partial charge in [-0.3, -0.25) is 0 Å². The Hall–Kier alpha value is -3.01. The van der Waals surface area contributed by atoms with Crippen LogP contribution in [0.15, 0.2) is 24.3 Å². The fraction of sp³-hybridized carbons (Fsp3) is 0.176. The Bertz CT molecular complexity index is 854. The molecule has 0 aliphatic carbocycles. The third kappa shape index (κ3) is 3.33. The molecule has 0 amide bonds. The van der Waals surface area contributed by atoms with Crippen LogP contribution in [0.5, 0.6) is 0 Å². The number of hydrogen-bond donors (Lipinski definition) is 2. The minimum absolute atomic E-state index is 0.117. The maximum Gasteiger partial charge on any atom is 0.416 e. The van der Waals surface area contributed by atoms with Crippen molar-refractivity contribution in [3.8, 4) is 6.07 Å². The first-order chi connectivity index (χ1) is 11.1. The monoisotopic (exact) mass is 334 g/mol. The molecule has 2 N–H and O–H groups in total. The second kappa shape index (κ2) is 6.24. The van der Waals surface area contributed by atoms with E-state index in [2.05, 4.69) is 4.98 Å². The van der Waals surface area contributed by atoms with Gasteiger partial charge >= 0.3 is 12.1 Å². The van der Waals surface area contributed by atoms with E-state index >= 15 is 0 Å². The number of aromatic nitrogens is 1. The zero-order valence-electron chi connectivity index (χ0n) is 12.8. The summed E-state index contributed by atoms with van der Waals surface area (Å²) in [6, 6.07) is 6.14. The molecule has 0 fully saturated rings. The summed E-state index contributed by atoms with van der Waals surface area (Å²) in [5.74, 6) is -1.09. The predicted octanol–water partition coefficient (Wildman–Crippen LogP) is 4.41. The van der Waals surface area contributed by atoms with Gasteiger partial charge in [0, 0.05) is 11.4 Å². The van der Waals surface area contributed by atoms with Gasteiger partial charge in [-0.1, -0.05) is 12.1 Å². The third-order valence-electron chi connectivity index (χ3n) is 3.62. The van der Waals surface area contributed by atoms with Gasteiger partial charge in [0.2, 0.25) is 0 Å².